The van der Waals surface area contributed by atoms with Gasteiger partial charge in [-0.1, -0.05) is 34.1 Å². The maximum absolute atomic E-state index is 8.90. The van der Waals surface area contributed by atoms with Gasteiger partial charge in [-0.25, -0.2) is 0 Å². The van der Waals surface area contributed by atoms with Crippen molar-refractivity contribution in [1.29, 1.82) is 5.26 Å². The van der Waals surface area contributed by atoms with Crippen LogP contribution in [0.1, 0.15) is 22.7 Å². The summed E-state index contributed by atoms with van der Waals surface area (Å²) in [5.74, 6) is 0. The maximum Gasteiger partial charge on any atom is 0.0992 e. The normalized spacial score (nSPS) is 16.8. The summed E-state index contributed by atoms with van der Waals surface area (Å²) in [6.45, 7) is 0. The molecule has 0 bridgehead atoms. The van der Waals surface area contributed by atoms with Gasteiger partial charge in [0.05, 0.1) is 17.7 Å². The van der Waals surface area contributed by atoms with Gasteiger partial charge in [0.2, 0.25) is 0 Å². The highest BCUT2D eigenvalue weighted by atomic mass is 79.9. The lowest BCUT2D eigenvalue weighted by molar-refractivity contribution is 0.823. The number of fused-ring (bicyclic) bond motifs is 1. The summed E-state index contributed by atoms with van der Waals surface area (Å²) in [6, 6.07) is 16.6. The average molecular weight is 299 g/mol. The van der Waals surface area contributed by atoms with Crippen LogP contribution in [0, 0.1) is 11.3 Å². The molecule has 1 aliphatic heterocycles. The summed E-state index contributed by atoms with van der Waals surface area (Å²) in [5.41, 5.74) is 4.33. The second-order valence-corrected chi connectivity index (χ2v) is 5.36. The molecule has 0 aromatic heterocycles. The Hall–Kier alpha value is -1.79. The lowest BCUT2D eigenvalue weighted by Gasteiger charge is -2.11. The monoisotopic (exact) mass is 298 g/mol. The molecule has 0 saturated carbocycles. The summed E-state index contributed by atoms with van der Waals surface area (Å²) >= 11 is 3.50. The first kappa shape index (κ1) is 11.3. The summed E-state index contributed by atoms with van der Waals surface area (Å²) in [7, 11) is 0. The van der Waals surface area contributed by atoms with Gasteiger partial charge in [-0.3, -0.25) is 0 Å². The van der Waals surface area contributed by atoms with Gasteiger partial charge in [-0.05, 0) is 41.8 Å². The number of hydrogen-bond donors (Lipinski definition) is 1. The molecule has 1 aliphatic rings. The van der Waals surface area contributed by atoms with Crippen molar-refractivity contribution in [1.82, 2.24) is 0 Å². The predicted molar refractivity (Wildman–Crippen MR) is 75.4 cm³/mol. The molecule has 0 radical (unpaired) electrons. The Morgan fingerprint density at radius 2 is 2.11 bits per heavy atom. The first-order valence-corrected chi connectivity index (χ1v) is 6.60. The van der Waals surface area contributed by atoms with Gasteiger partial charge < -0.3 is 5.32 Å². The SMILES string of the molecule is N#Cc1ccc2c(c1)NC(c1cccc(Br)c1)C2. The minimum Gasteiger partial charge on any atom is -0.378 e. The van der Waals surface area contributed by atoms with Gasteiger partial charge >= 0.3 is 0 Å². The van der Waals surface area contributed by atoms with Crippen LogP contribution in [0.15, 0.2) is 46.9 Å². The Morgan fingerprint density at radius 1 is 1.22 bits per heavy atom. The van der Waals surface area contributed by atoms with E-state index in [2.05, 4.69) is 39.4 Å². The number of nitriles is 1. The second-order valence-electron chi connectivity index (χ2n) is 4.44. The number of halogens is 1. The van der Waals surface area contributed by atoms with Crippen LogP contribution in [0.2, 0.25) is 0 Å². The molecule has 0 aliphatic carbocycles. The summed E-state index contributed by atoms with van der Waals surface area (Å²) < 4.78 is 1.09. The lowest BCUT2D eigenvalue weighted by atomic mass is 10.0. The maximum atomic E-state index is 8.90. The van der Waals surface area contributed by atoms with Crippen molar-refractivity contribution in [3.8, 4) is 6.07 Å². The largest absolute Gasteiger partial charge is 0.378 e. The quantitative estimate of drug-likeness (QED) is 0.863. The van der Waals surface area contributed by atoms with Gasteiger partial charge in [0.15, 0.2) is 0 Å². The zero-order chi connectivity index (χ0) is 12.5. The van der Waals surface area contributed by atoms with Crippen molar-refractivity contribution in [2.75, 3.05) is 5.32 Å². The molecule has 2 aromatic rings. The first-order chi connectivity index (χ1) is 8.76. The van der Waals surface area contributed by atoms with Crippen molar-refractivity contribution < 1.29 is 0 Å². The number of rotatable bonds is 1. The van der Waals surface area contributed by atoms with Crippen LogP contribution in [0.3, 0.4) is 0 Å². The van der Waals surface area contributed by atoms with Gasteiger partial charge in [0.1, 0.15) is 0 Å². The zero-order valence-electron chi connectivity index (χ0n) is 9.65. The fraction of sp³-hybridized carbons (Fsp3) is 0.133. The molecule has 3 heteroatoms. The van der Waals surface area contributed by atoms with Gasteiger partial charge in [-0.2, -0.15) is 5.26 Å². The molecule has 3 rings (SSSR count). The number of nitrogens with zero attached hydrogens (tertiary/aromatic N) is 1. The van der Waals surface area contributed by atoms with Crippen molar-refractivity contribution in [3.05, 3.63) is 63.6 Å². The van der Waals surface area contributed by atoms with Crippen LogP contribution in [-0.4, -0.2) is 0 Å². The van der Waals surface area contributed by atoms with Gasteiger partial charge in [0, 0.05) is 10.2 Å². The third-order valence-corrected chi connectivity index (χ3v) is 3.74. The van der Waals surface area contributed by atoms with E-state index in [-0.39, 0.29) is 0 Å². The van der Waals surface area contributed by atoms with Crippen molar-refractivity contribution in [2.45, 2.75) is 12.5 Å². The van der Waals surface area contributed by atoms with E-state index in [1.54, 1.807) is 0 Å². The Balaban J connectivity index is 1.91. The van der Waals surface area contributed by atoms with E-state index in [1.165, 1.54) is 11.1 Å². The van der Waals surface area contributed by atoms with Crippen LogP contribution < -0.4 is 5.32 Å². The van der Waals surface area contributed by atoms with Crippen molar-refractivity contribution >= 4 is 21.6 Å². The Kier molecular flexibility index (Phi) is 2.81. The predicted octanol–water partition coefficient (Wildman–Crippen LogP) is 4.03. The van der Waals surface area contributed by atoms with Crippen molar-refractivity contribution in [3.63, 3.8) is 0 Å². The molecule has 88 valence electrons. The molecule has 0 spiro atoms. The van der Waals surface area contributed by atoms with E-state index in [1.807, 2.05) is 30.3 Å². The van der Waals surface area contributed by atoms with E-state index < -0.39 is 0 Å². The van der Waals surface area contributed by atoms with Crippen LogP contribution in [0.25, 0.3) is 0 Å². The molecule has 1 atom stereocenters. The highest BCUT2D eigenvalue weighted by Gasteiger charge is 2.22. The van der Waals surface area contributed by atoms with E-state index in [9.17, 15) is 0 Å². The smallest absolute Gasteiger partial charge is 0.0992 e. The van der Waals surface area contributed by atoms with Gasteiger partial charge in [-0.15, -0.1) is 0 Å². The molecule has 0 saturated heterocycles. The molecule has 18 heavy (non-hydrogen) atoms. The number of anilines is 1. The zero-order valence-corrected chi connectivity index (χ0v) is 11.2. The molecule has 1 heterocycles. The first-order valence-electron chi connectivity index (χ1n) is 5.81. The van der Waals surface area contributed by atoms with E-state index in [0.29, 0.717) is 11.6 Å². The summed E-state index contributed by atoms with van der Waals surface area (Å²) in [4.78, 5) is 0. The standard InChI is InChI=1S/C15H11BrN2/c16-13-3-1-2-11(7-13)15-8-12-5-4-10(9-17)6-14(12)18-15/h1-7,15,18H,8H2. The van der Waals surface area contributed by atoms with Crippen molar-refractivity contribution in [2.24, 2.45) is 0 Å². The molecule has 0 fully saturated rings. The third kappa shape index (κ3) is 2.00. The number of benzene rings is 2. The number of nitrogens with one attached hydrogen (secondary N) is 1. The average Bonchev–Trinajstić information content (AvgIpc) is 2.81. The van der Waals surface area contributed by atoms with Crippen LogP contribution in [0.4, 0.5) is 5.69 Å². The van der Waals surface area contributed by atoms with Gasteiger partial charge in [0.25, 0.3) is 0 Å². The highest BCUT2D eigenvalue weighted by Crippen LogP contribution is 2.35. The van der Waals surface area contributed by atoms with E-state index in [0.717, 1.165) is 16.6 Å². The van der Waals surface area contributed by atoms with E-state index >= 15 is 0 Å². The topological polar surface area (TPSA) is 35.8 Å². The van der Waals surface area contributed by atoms with Crippen LogP contribution in [-0.2, 0) is 6.42 Å². The Labute approximate surface area is 114 Å². The fourth-order valence-corrected chi connectivity index (χ4v) is 2.76. The van der Waals surface area contributed by atoms with Crippen LogP contribution >= 0.6 is 15.9 Å². The molecule has 1 N–H and O–H groups in total. The minimum absolute atomic E-state index is 0.298. The Morgan fingerprint density at radius 3 is 2.89 bits per heavy atom. The molecule has 2 nitrogen and oxygen atoms in total. The molecule has 2 aromatic carbocycles. The second kappa shape index (κ2) is 4.47. The molecular formula is C15H11BrN2. The fourth-order valence-electron chi connectivity index (χ4n) is 2.34. The Bertz CT molecular complexity index is 643. The van der Waals surface area contributed by atoms with Crippen LogP contribution in [0.5, 0.6) is 0 Å². The molecule has 0 amide bonds. The number of hydrogen-bond acceptors (Lipinski definition) is 2. The highest BCUT2D eigenvalue weighted by molar-refractivity contribution is 9.10. The summed E-state index contributed by atoms with van der Waals surface area (Å²) in [6.07, 6.45) is 0.970. The lowest BCUT2D eigenvalue weighted by Crippen LogP contribution is -2.05. The molecule has 1 unspecified atom stereocenters. The molecular weight excluding hydrogens is 288 g/mol. The van der Waals surface area contributed by atoms with E-state index in [4.69, 9.17) is 5.26 Å². The minimum atomic E-state index is 0.298. The summed E-state index contributed by atoms with van der Waals surface area (Å²) in [5, 5.41) is 12.4. The third-order valence-electron chi connectivity index (χ3n) is 3.24.